The molecule has 1 amide bonds. The summed E-state index contributed by atoms with van der Waals surface area (Å²) in [5.41, 5.74) is 2.05. The normalized spacial score (nSPS) is 10.4. The molecule has 7 heteroatoms. The predicted molar refractivity (Wildman–Crippen MR) is 70.9 cm³/mol. The van der Waals surface area contributed by atoms with E-state index in [1.165, 1.54) is 11.3 Å². The maximum Gasteiger partial charge on any atom is 0.261 e. The van der Waals surface area contributed by atoms with Crippen molar-refractivity contribution in [2.24, 2.45) is 0 Å². The lowest BCUT2D eigenvalue weighted by Crippen LogP contribution is -2.18. The Morgan fingerprint density at radius 3 is 2.94 bits per heavy atom. The first-order chi connectivity index (χ1) is 8.66. The molecule has 2 N–H and O–H groups in total. The summed E-state index contributed by atoms with van der Waals surface area (Å²) < 4.78 is 0. The fraction of sp³-hybridized carbons (Fsp3) is 0.273. The van der Waals surface area contributed by atoms with Crippen molar-refractivity contribution in [3.05, 3.63) is 29.4 Å². The number of carbonyl (C=O) groups is 1. The van der Waals surface area contributed by atoms with Crippen LogP contribution in [0.4, 0.5) is 10.9 Å². The van der Waals surface area contributed by atoms with Crippen LogP contribution in [0.25, 0.3) is 0 Å². The van der Waals surface area contributed by atoms with Gasteiger partial charge < -0.3 is 5.32 Å². The third-order valence-corrected chi connectivity index (χ3v) is 2.66. The number of aromatic nitrogens is 3. The van der Waals surface area contributed by atoms with Gasteiger partial charge in [-0.05, 0) is 26.0 Å². The molecule has 0 unspecified atom stereocenters. The van der Waals surface area contributed by atoms with Gasteiger partial charge in [0.1, 0.15) is 11.3 Å². The van der Waals surface area contributed by atoms with E-state index in [0.29, 0.717) is 16.5 Å². The number of pyridine rings is 1. The first-order valence-corrected chi connectivity index (χ1v) is 6.34. The lowest BCUT2D eigenvalue weighted by molar-refractivity contribution is 0.102. The Balaban J connectivity index is 2.19. The van der Waals surface area contributed by atoms with Crippen LogP contribution in [0.1, 0.15) is 24.2 Å². The smallest absolute Gasteiger partial charge is 0.261 e. The van der Waals surface area contributed by atoms with Gasteiger partial charge in [-0.2, -0.15) is 0 Å². The van der Waals surface area contributed by atoms with Gasteiger partial charge in [0.2, 0.25) is 5.13 Å². The average molecular weight is 263 g/mol. The second-order valence-electron chi connectivity index (χ2n) is 3.90. The molecule has 2 rings (SSSR count). The molecule has 6 nitrogen and oxygen atoms in total. The average Bonchev–Trinajstić information content (AvgIpc) is 2.81. The molecule has 0 atom stereocenters. The Hall–Kier alpha value is -2.02. The largest absolute Gasteiger partial charge is 0.367 e. The van der Waals surface area contributed by atoms with E-state index in [2.05, 4.69) is 25.8 Å². The number of nitrogens with one attached hydrogen (secondary N) is 2. The third kappa shape index (κ3) is 3.01. The highest BCUT2D eigenvalue weighted by atomic mass is 32.1. The van der Waals surface area contributed by atoms with Crippen LogP contribution in [0, 0.1) is 0 Å². The van der Waals surface area contributed by atoms with Crippen LogP contribution in [0.15, 0.2) is 23.8 Å². The lowest BCUT2D eigenvalue weighted by Gasteiger charge is -2.12. The minimum Gasteiger partial charge on any atom is -0.367 e. The van der Waals surface area contributed by atoms with Crippen molar-refractivity contribution in [3.8, 4) is 0 Å². The quantitative estimate of drug-likeness (QED) is 0.882. The maximum atomic E-state index is 12.1. The minimum atomic E-state index is -0.247. The summed E-state index contributed by atoms with van der Waals surface area (Å²) in [4.78, 5) is 16.2. The number of amides is 1. The molecule has 94 valence electrons. The van der Waals surface area contributed by atoms with Crippen molar-refractivity contribution in [1.82, 2.24) is 15.2 Å². The number of rotatable bonds is 4. The van der Waals surface area contributed by atoms with Crippen LogP contribution in [-0.2, 0) is 0 Å². The van der Waals surface area contributed by atoms with E-state index < -0.39 is 0 Å². The number of anilines is 2. The molecule has 0 saturated heterocycles. The van der Waals surface area contributed by atoms with Gasteiger partial charge in [0.25, 0.3) is 5.91 Å². The van der Waals surface area contributed by atoms with Crippen LogP contribution in [0.3, 0.4) is 0 Å². The van der Waals surface area contributed by atoms with Crippen molar-refractivity contribution in [1.29, 1.82) is 0 Å². The molecule has 0 fully saturated rings. The molecule has 0 spiro atoms. The Bertz CT molecular complexity index is 526. The highest BCUT2D eigenvalue weighted by Gasteiger charge is 2.14. The third-order valence-electron chi connectivity index (χ3n) is 2.06. The fourth-order valence-corrected chi connectivity index (χ4v) is 1.81. The summed E-state index contributed by atoms with van der Waals surface area (Å²) in [5.74, 6) is 0.317. The summed E-state index contributed by atoms with van der Waals surface area (Å²) in [5, 5.41) is 13.7. The second kappa shape index (κ2) is 5.54. The maximum absolute atomic E-state index is 12.1. The molecule has 2 aromatic heterocycles. The number of nitrogens with zero attached hydrogens (tertiary/aromatic N) is 3. The summed E-state index contributed by atoms with van der Waals surface area (Å²) in [7, 11) is 0. The van der Waals surface area contributed by atoms with Crippen molar-refractivity contribution >= 4 is 28.2 Å². The van der Waals surface area contributed by atoms with Crippen molar-refractivity contribution < 1.29 is 4.79 Å². The SMILES string of the molecule is CC(C)Nc1ncccc1C(=O)Nc1nncs1. The molecule has 2 heterocycles. The van der Waals surface area contributed by atoms with Gasteiger partial charge in [-0.25, -0.2) is 4.98 Å². The van der Waals surface area contributed by atoms with E-state index in [-0.39, 0.29) is 11.9 Å². The van der Waals surface area contributed by atoms with E-state index in [1.54, 1.807) is 23.8 Å². The lowest BCUT2D eigenvalue weighted by atomic mass is 10.2. The molecule has 18 heavy (non-hydrogen) atoms. The first-order valence-electron chi connectivity index (χ1n) is 5.46. The highest BCUT2D eigenvalue weighted by Crippen LogP contribution is 2.16. The molecular weight excluding hydrogens is 250 g/mol. The van der Waals surface area contributed by atoms with Gasteiger partial charge >= 0.3 is 0 Å². The van der Waals surface area contributed by atoms with Crippen LogP contribution < -0.4 is 10.6 Å². The van der Waals surface area contributed by atoms with Crippen LogP contribution in [0.2, 0.25) is 0 Å². The highest BCUT2D eigenvalue weighted by molar-refractivity contribution is 7.13. The van der Waals surface area contributed by atoms with Crippen LogP contribution in [-0.4, -0.2) is 27.1 Å². The van der Waals surface area contributed by atoms with E-state index in [9.17, 15) is 4.79 Å². The minimum absolute atomic E-state index is 0.202. The number of carbonyl (C=O) groups excluding carboxylic acids is 1. The molecular formula is C11H13N5OS. The van der Waals surface area contributed by atoms with Crippen molar-refractivity contribution in [2.45, 2.75) is 19.9 Å². The Morgan fingerprint density at radius 1 is 1.44 bits per heavy atom. The van der Waals surface area contributed by atoms with E-state index in [0.717, 1.165) is 0 Å². The Labute approximate surface area is 108 Å². The molecule has 0 saturated carbocycles. The summed E-state index contributed by atoms with van der Waals surface area (Å²) in [6.07, 6.45) is 1.65. The summed E-state index contributed by atoms with van der Waals surface area (Å²) >= 11 is 1.27. The molecule has 0 aliphatic rings. The number of hydrogen-bond acceptors (Lipinski definition) is 6. The topological polar surface area (TPSA) is 79.8 Å². The van der Waals surface area contributed by atoms with Crippen LogP contribution in [0.5, 0.6) is 0 Å². The standard InChI is InChI=1S/C11H13N5OS/c1-7(2)14-9-8(4-3-5-12-9)10(17)15-11-16-13-6-18-11/h3-7H,1-2H3,(H,12,14)(H,15,16,17). The molecule has 0 aromatic carbocycles. The monoisotopic (exact) mass is 263 g/mol. The zero-order chi connectivity index (χ0) is 13.0. The molecule has 0 aliphatic carbocycles. The zero-order valence-electron chi connectivity index (χ0n) is 10.0. The summed E-state index contributed by atoms with van der Waals surface area (Å²) in [6, 6.07) is 3.64. The van der Waals surface area contributed by atoms with Crippen molar-refractivity contribution in [2.75, 3.05) is 10.6 Å². The van der Waals surface area contributed by atoms with Gasteiger partial charge in [0.05, 0.1) is 5.56 Å². The molecule has 0 radical (unpaired) electrons. The van der Waals surface area contributed by atoms with Crippen molar-refractivity contribution in [3.63, 3.8) is 0 Å². The van der Waals surface area contributed by atoms with E-state index >= 15 is 0 Å². The number of hydrogen-bond donors (Lipinski definition) is 2. The van der Waals surface area contributed by atoms with Gasteiger partial charge in [-0.1, -0.05) is 11.3 Å². The first kappa shape index (κ1) is 12.4. The van der Waals surface area contributed by atoms with Crippen LogP contribution >= 0.6 is 11.3 Å². The Morgan fingerprint density at radius 2 is 2.28 bits per heavy atom. The molecule has 0 bridgehead atoms. The van der Waals surface area contributed by atoms with Gasteiger partial charge in [0.15, 0.2) is 0 Å². The summed E-state index contributed by atoms with van der Waals surface area (Å²) in [6.45, 7) is 3.97. The second-order valence-corrected chi connectivity index (χ2v) is 4.73. The van der Waals surface area contributed by atoms with E-state index in [4.69, 9.17) is 0 Å². The zero-order valence-corrected chi connectivity index (χ0v) is 10.9. The van der Waals surface area contributed by atoms with Gasteiger partial charge in [-0.15, -0.1) is 10.2 Å². The predicted octanol–water partition coefficient (Wildman–Crippen LogP) is 2.01. The fourth-order valence-electron chi connectivity index (χ4n) is 1.37. The molecule has 2 aromatic rings. The Kier molecular flexibility index (Phi) is 3.83. The van der Waals surface area contributed by atoms with E-state index in [1.807, 2.05) is 13.8 Å². The molecule has 0 aliphatic heterocycles. The van der Waals surface area contributed by atoms with Gasteiger partial charge in [-0.3, -0.25) is 10.1 Å². The van der Waals surface area contributed by atoms with Gasteiger partial charge in [0, 0.05) is 12.2 Å².